The largest absolute Gasteiger partial charge is 0.478 e. The van der Waals surface area contributed by atoms with E-state index in [0.29, 0.717) is 0 Å². The normalized spacial score (nSPS) is 11.0. The first-order valence-electron chi connectivity index (χ1n) is 5.51. The van der Waals surface area contributed by atoms with Crippen LogP contribution in [0.15, 0.2) is 29.7 Å². The quantitative estimate of drug-likeness (QED) is 0.760. The van der Waals surface area contributed by atoms with Crippen LogP contribution in [0.2, 0.25) is 10.0 Å². The Morgan fingerprint density at radius 1 is 1.29 bits per heavy atom. The van der Waals surface area contributed by atoms with Gasteiger partial charge in [-0.05, 0) is 12.1 Å². The monoisotopic (exact) mass is 351 g/mol. The lowest BCUT2D eigenvalue weighted by Gasteiger charge is -2.09. The van der Waals surface area contributed by atoms with E-state index in [1.807, 2.05) is 0 Å². The Balaban J connectivity index is 3.19. The zero-order valence-electron chi connectivity index (χ0n) is 10.6. The molecule has 0 atom stereocenters. The van der Waals surface area contributed by atoms with E-state index in [1.54, 1.807) is 0 Å². The van der Waals surface area contributed by atoms with Crippen LogP contribution in [-0.4, -0.2) is 37.7 Å². The number of aromatic carboxylic acids is 1. The van der Waals surface area contributed by atoms with Gasteiger partial charge in [0.1, 0.15) is 5.75 Å². The average molecular weight is 352 g/mol. The summed E-state index contributed by atoms with van der Waals surface area (Å²) in [4.78, 5) is 22.0. The highest BCUT2D eigenvalue weighted by atomic mass is 35.5. The van der Waals surface area contributed by atoms with Crippen LogP contribution in [0.5, 0.6) is 0 Å². The lowest BCUT2D eigenvalue weighted by atomic mass is 10.2. The summed E-state index contributed by atoms with van der Waals surface area (Å²) in [6, 6.07) is 1.85. The van der Waals surface area contributed by atoms with Gasteiger partial charge in [0.05, 0.1) is 20.5 Å². The van der Waals surface area contributed by atoms with Crippen molar-refractivity contribution in [1.29, 1.82) is 0 Å². The number of carboxylic acid groups (broad SMARTS) is 1. The Bertz CT molecular complexity index is 700. The lowest BCUT2D eigenvalue weighted by Crippen LogP contribution is -2.30. The second-order valence-corrected chi connectivity index (χ2v) is 6.69. The molecule has 0 aliphatic heterocycles. The van der Waals surface area contributed by atoms with Gasteiger partial charge in [0, 0.05) is 6.54 Å². The molecule has 0 spiro atoms. The van der Waals surface area contributed by atoms with Crippen LogP contribution >= 0.6 is 23.2 Å². The predicted molar refractivity (Wildman–Crippen MR) is 78.7 cm³/mol. The van der Waals surface area contributed by atoms with Crippen molar-refractivity contribution in [3.63, 3.8) is 0 Å². The van der Waals surface area contributed by atoms with Crippen LogP contribution < -0.4 is 5.32 Å². The van der Waals surface area contributed by atoms with Gasteiger partial charge in [0.2, 0.25) is 5.91 Å². The maximum atomic E-state index is 12.1. The van der Waals surface area contributed by atoms with Crippen LogP contribution in [0.25, 0.3) is 0 Å². The SMILES string of the molecule is C=CCNC(=O)CS(=O)(=O)c1cc(C(=O)O)c(Cl)cc1Cl. The lowest BCUT2D eigenvalue weighted by molar-refractivity contribution is -0.118. The Hall–Kier alpha value is -1.57. The molecule has 0 aliphatic carbocycles. The molecule has 0 saturated heterocycles. The number of halogens is 2. The first-order chi connectivity index (χ1) is 9.69. The number of hydrogen-bond donors (Lipinski definition) is 2. The molecule has 9 heteroatoms. The highest BCUT2D eigenvalue weighted by Gasteiger charge is 2.25. The number of amides is 1. The van der Waals surface area contributed by atoms with Gasteiger partial charge in [0.25, 0.3) is 0 Å². The summed E-state index contributed by atoms with van der Waals surface area (Å²) in [5.41, 5.74) is -0.411. The van der Waals surface area contributed by atoms with Crippen molar-refractivity contribution in [2.24, 2.45) is 0 Å². The van der Waals surface area contributed by atoms with Crippen molar-refractivity contribution in [2.75, 3.05) is 12.3 Å². The number of hydrogen-bond acceptors (Lipinski definition) is 4. The third-order valence-electron chi connectivity index (χ3n) is 2.35. The smallest absolute Gasteiger partial charge is 0.337 e. The zero-order chi connectivity index (χ0) is 16.2. The Labute approximate surface area is 131 Å². The maximum absolute atomic E-state index is 12.1. The van der Waals surface area contributed by atoms with Crippen molar-refractivity contribution in [3.8, 4) is 0 Å². The van der Waals surface area contributed by atoms with E-state index in [-0.39, 0.29) is 16.6 Å². The number of carbonyl (C=O) groups excluding carboxylic acids is 1. The van der Waals surface area contributed by atoms with Gasteiger partial charge in [-0.1, -0.05) is 29.3 Å². The van der Waals surface area contributed by atoms with E-state index < -0.39 is 37.9 Å². The van der Waals surface area contributed by atoms with Crippen LogP contribution in [0, 0.1) is 0 Å². The van der Waals surface area contributed by atoms with Crippen LogP contribution in [0.1, 0.15) is 10.4 Å². The van der Waals surface area contributed by atoms with Crippen LogP contribution in [-0.2, 0) is 14.6 Å². The maximum Gasteiger partial charge on any atom is 0.337 e. The summed E-state index contributed by atoms with van der Waals surface area (Å²) in [7, 11) is -4.09. The molecule has 0 heterocycles. The second-order valence-electron chi connectivity index (χ2n) is 3.92. The van der Waals surface area contributed by atoms with Gasteiger partial charge >= 0.3 is 5.97 Å². The minimum Gasteiger partial charge on any atom is -0.478 e. The number of nitrogens with one attached hydrogen (secondary N) is 1. The van der Waals surface area contributed by atoms with Crippen LogP contribution in [0.3, 0.4) is 0 Å². The summed E-state index contributed by atoms with van der Waals surface area (Å²) in [5.74, 6) is -3.01. The zero-order valence-corrected chi connectivity index (χ0v) is 12.9. The summed E-state index contributed by atoms with van der Waals surface area (Å²) >= 11 is 11.4. The molecular weight excluding hydrogens is 341 g/mol. The van der Waals surface area contributed by atoms with Crippen molar-refractivity contribution >= 4 is 44.9 Å². The topological polar surface area (TPSA) is 101 Å². The number of sulfone groups is 1. The van der Waals surface area contributed by atoms with Gasteiger partial charge in [0.15, 0.2) is 9.84 Å². The van der Waals surface area contributed by atoms with Gasteiger partial charge in [-0.2, -0.15) is 0 Å². The van der Waals surface area contributed by atoms with E-state index in [2.05, 4.69) is 11.9 Å². The molecule has 1 aromatic rings. The molecule has 2 N–H and O–H groups in total. The molecule has 0 fully saturated rings. The third kappa shape index (κ3) is 4.45. The van der Waals surface area contributed by atoms with Gasteiger partial charge in [-0.25, -0.2) is 13.2 Å². The first-order valence-corrected chi connectivity index (χ1v) is 7.92. The van der Waals surface area contributed by atoms with E-state index in [0.717, 1.165) is 12.1 Å². The van der Waals surface area contributed by atoms with Crippen molar-refractivity contribution in [3.05, 3.63) is 40.4 Å². The highest BCUT2D eigenvalue weighted by molar-refractivity contribution is 7.92. The Morgan fingerprint density at radius 2 is 1.90 bits per heavy atom. The van der Waals surface area contributed by atoms with E-state index >= 15 is 0 Å². The molecule has 0 saturated carbocycles. The second kappa shape index (κ2) is 6.93. The highest BCUT2D eigenvalue weighted by Crippen LogP contribution is 2.29. The predicted octanol–water partition coefficient (Wildman–Crippen LogP) is 1.77. The summed E-state index contributed by atoms with van der Waals surface area (Å²) in [5, 5.41) is 10.8. The molecule has 21 heavy (non-hydrogen) atoms. The fourth-order valence-corrected chi connectivity index (χ4v) is 3.49. The van der Waals surface area contributed by atoms with Gasteiger partial charge in [-0.3, -0.25) is 4.79 Å². The summed E-state index contributed by atoms with van der Waals surface area (Å²) in [6.07, 6.45) is 1.39. The molecule has 1 rings (SSSR count). The van der Waals surface area contributed by atoms with Gasteiger partial charge in [-0.15, -0.1) is 6.58 Å². The molecule has 1 amide bonds. The molecule has 0 bridgehead atoms. The molecule has 0 aliphatic rings. The number of carboxylic acids is 1. The first kappa shape index (κ1) is 17.5. The van der Waals surface area contributed by atoms with Crippen molar-refractivity contribution < 1.29 is 23.1 Å². The van der Waals surface area contributed by atoms with Crippen molar-refractivity contribution in [2.45, 2.75) is 4.90 Å². The molecule has 6 nitrogen and oxygen atoms in total. The molecule has 114 valence electrons. The summed E-state index contributed by atoms with van der Waals surface area (Å²) in [6.45, 7) is 3.49. The van der Waals surface area contributed by atoms with E-state index in [1.165, 1.54) is 6.08 Å². The number of rotatable bonds is 6. The minimum atomic E-state index is -4.09. The average Bonchev–Trinajstić information content (AvgIpc) is 2.34. The molecule has 0 aromatic heterocycles. The molecule has 0 radical (unpaired) electrons. The Kier molecular flexibility index (Phi) is 5.77. The Morgan fingerprint density at radius 3 is 2.43 bits per heavy atom. The van der Waals surface area contributed by atoms with Crippen molar-refractivity contribution in [1.82, 2.24) is 5.32 Å². The fourth-order valence-electron chi connectivity index (χ4n) is 1.42. The molecular formula is C12H11Cl2NO5S. The van der Waals surface area contributed by atoms with E-state index in [9.17, 15) is 18.0 Å². The number of carbonyl (C=O) groups is 2. The standard InChI is InChI=1S/C12H11Cl2NO5S/c1-2-3-15-11(16)6-21(19,20)10-4-7(12(17)18)8(13)5-9(10)14/h2,4-5H,1,3,6H2,(H,15,16)(H,17,18). The van der Waals surface area contributed by atoms with E-state index in [4.69, 9.17) is 28.3 Å². The third-order valence-corrected chi connectivity index (χ3v) is 4.74. The molecule has 0 unspecified atom stereocenters. The number of benzene rings is 1. The van der Waals surface area contributed by atoms with Crippen LogP contribution in [0.4, 0.5) is 0 Å². The molecule has 1 aromatic carbocycles. The summed E-state index contributed by atoms with van der Waals surface area (Å²) < 4.78 is 24.2. The minimum absolute atomic E-state index is 0.114. The fraction of sp³-hybridized carbons (Fsp3) is 0.167. The van der Waals surface area contributed by atoms with Gasteiger partial charge < -0.3 is 10.4 Å².